The molecule has 4 heterocycles. The maximum atomic E-state index is 12.7. The van der Waals surface area contributed by atoms with Crippen molar-refractivity contribution in [1.82, 2.24) is 29.9 Å². The zero-order chi connectivity index (χ0) is 20.7. The minimum Gasteiger partial charge on any atom is -0.494 e. The quantitative estimate of drug-likeness (QED) is 0.522. The summed E-state index contributed by atoms with van der Waals surface area (Å²) in [7, 11) is 1.57. The maximum Gasteiger partial charge on any atom is 0.228 e. The SMILES string of the molecule is COc1cccc2c1nc(N)n1nc(CC(=O)NC3CCOc4ccncc43)nc21. The van der Waals surface area contributed by atoms with Crippen molar-refractivity contribution < 1.29 is 14.3 Å². The number of amides is 1. The summed E-state index contributed by atoms with van der Waals surface area (Å²) >= 11 is 0. The molecular formula is C20H19N7O3. The number of methoxy groups -OCH3 is 1. The molecule has 0 fully saturated rings. The number of rotatable bonds is 4. The number of hydrogen-bond donors (Lipinski definition) is 2. The van der Waals surface area contributed by atoms with Gasteiger partial charge >= 0.3 is 0 Å². The monoisotopic (exact) mass is 405 g/mol. The maximum absolute atomic E-state index is 12.7. The number of benzene rings is 1. The summed E-state index contributed by atoms with van der Waals surface area (Å²) in [5, 5.41) is 8.14. The molecule has 4 aromatic rings. The molecule has 1 aliphatic rings. The van der Waals surface area contributed by atoms with E-state index in [0.29, 0.717) is 35.8 Å². The standard InChI is InChI=1S/C20H19N7O3/c1-29-15-4-2-3-11-18(15)25-20(21)27-19(11)24-16(26-27)9-17(28)23-13-6-8-30-14-5-7-22-10-12(13)14/h2-5,7,10,13H,6,8-9H2,1H3,(H2,21,25)(H,23,28). The number of ether oxygens (including phenoxy) is 2. The van der Waals surface area contributed by atoms with Crippen LogP contribution in [0.1, 0.15) is 23.9 Å². The number of nitrogens with one attached hydrogen (secondary N) is 1. The molecule has 0 aliphatic carbocycles. The first-order chi connectivity index (χ1) is 14.6. The second-order valence-electron chi connectivity index (χ2n) is 6.94. The number of aromatic nitrogens is 5. The number of fused-ring (bicyclic) bond motifs is 4. The first kappa shape index (κ1) is 18.1. The second-order valence-corrected chi connectivity index (χ2v) is 6.94. The fraction of sp³-hybridized carbons (Fsp3) is 0.250. The molecule has 10 heteroatoms. The first-order valence-electron chi connectivity index (χ1n) is 9.48. The summed E-state index contributed by atoms with van der Waals surface area (Å²) < 4.78 is 12.4. The summed E-state index contributed by atoms with van der Waals surface area (Å²) in [5.41, 5.74) is 8.06. The van der Waals surface area contributed by atoms with E-state index < -0.39 is 0 Å². The predicted octanol–water partition coefficient (Wildman–Crippen LogP) is 1.45. The van der Waals surface area contributed by atoms with Gasteiger partial charge in [-0.2, -0.15) is 4.52 Å². The lowest BCUT2D eigenvalue weighted by molar-refractivity contribution is -0.121. The molecule has 5 rings (SSSR count). The van der Waals surface area contributed by atoms with Crippen LogP contribution in [0.4, 0.5) is 5.95 Å². The molecule has 10 nitrogen and oxygen atoms in total. The average molecular weight is 405 g/mol. The fourth-order valence-corrected chi connectivity index (χ4v) is 3.68. The number of para-hydroxylation sites is 1. The van der Waals surface area contributed by atoms with E-state index in [4.69, 9.17) is 15.2 Å². The molecule has 30 heavy (non-hydrogen) atoms. The molecule has 0 bridgehead atoms. The fourth-order valence-electron chi connectivity index (χ4n) is 3.68. The molecule has 1 aliphatic heterocycles. The van der Waals surface area contributed by atoms with Gasteiger partial charge in [0.15, 0.2) is 11.5 Å². The average Bonchev–Trinajstić information content (AvgIpc) is 3.18. The zero-order valence-corrected chi connectivity index (χ0v) is 16.2. The van der Waals surface area contributed by atoms with Gasteiger partial charge in [-0.05, 0) is 18.2 Å². The molecule has 1 unspecified atom stereocenters. The van der Waals surface area contributed by atoms with Gasteiger partial charge in [0.1, 0.15) is 17.0 Å². The van der Waals surface area contributed by atoms with Crippen LogP contribution in [-0.4, -0.2) is 44.2 Å². The van der Waals surface area contributed by atoms with Gasteiger partial charge in [0.25, 0.3) is 0 Å². The van der Waals surface area contributed by atoms with E-state index in [-0.39, 0.29) is 24.3 Å². The van der Waals surface area contributed by atoms with Crippen molar-refractivity contribution in [2.24, 2.45) is 0 Å². The number of pyridine rings is 1. The first-order valence-corrected chi connectivity index (χ1v) is 9.48. The van der Waals surface area contributed by atoms with E-state index in [9.17, 15) is 4.79 Å². The van der Waals surface area contributed by atoms with Crippen molar-refractivity contribution in [2.75, 3.05) is 19.5 Å². The van der Waals surface area contributed by atoms with Crippen LogP contribution in [0.2, 0.25) is 0 Å². The lowest BCUT2D eigenvalue weighted by atomic mass is 10.0. The van der Waals surface area contributed by atoms with E-state index in [1.165, 1.54) is 4.52 Å². The van der Waals surface area contributed by atoms with Crippen LogP contribution >= 0.6 is 0 Å². The highest BCUT2D eigenvalue weighted by molar-refractivity contribution is 5.96. The van der Waals surface area contributed by atoms with E-state index in [1.54, 1.807) is 31.6 Å². The van der Waals surface area contributed by atoms with Crippen molar-refractivity contribution in [2.45, 2.75) is 18.9 Å². The van der Waals surface area contributed by atoms with Crippen molar-refractivity contribution >= 4 is 28.4 Å². The number of carbonyl (C=O) groups excluding carboxylic acids is 1. The Morgan fingerprint density at radius 3 is 3.13 bits per heavy atom. The zero-order valence-electron chi connectivity index (χ0n) is 16.2. The molecule has 0 spiro atoms. The summed E-state index contributed by atoms with van der Waals surface area (Å²) in [6.45, 7) is 0.532. The van der Waals surface area contributed by atoms with Gasteiger partial charge in [-0.1, -0.05) is 6.07 Å². The Morgan fingerprint density at radius 1 is 1.37 bits per heavy atom. The lowest BCUT2D eigenvalue weighted by Crippen LogP contribution is -2.33. The topological polar surface area (TPSA) is 130 Å². The van der Waals surface area contributed by atoms with E-state index in [1.807, 2.05) is 12.1 Å². The molecule has 0 saturated carbocycles. The molecule has 152 valence electrons. The van der Waals surface area contributed by atoms with Crippen molar-refractivity contribution in [3.63, 3.8) is 0 Å². The number of carbonyl (C=O) groups is 1. The largest absolute Gasteiger partial charge is 0.494 e. The Labute approximate surface area is 171 Å². The highest BCUT2D eigenvalue weighted by Gasteiger charge is 2.24. The highest BCUT2D eigenvalue weighted by Crippen LogP contribution is 2.31. The third-order valence-electron chi connectivity index (χ3n) is 5.06. The number of nitrogens with zero attached hydrogens (tertiary/aromatic N) is 5. The normalized spacial score (nSPS) is 15.6. The van der Waals surface area contributed by atoms with Crippen LogP contribution in [0.5, 0.6) is 11.5 Å². The molecule has 1 atom stereocenters. The Kier molecular flexibility index (Phi) is 4.31. The van der Waals surface area contributed by atoms with Gasteiger partial charge in [-0.25, -0.2) is 9.97 Å². The second kappa shape index (κ2) is 7.14. The Morgan fingerprint density at radius 2 is 2.27 bits per heavy atom. The Bertz CT molecular complexity index is 1270. The molecule has 0 radical (unpaired) electrons. The van der Waals surface area contributed by atoms with Gasteiger partial charge in [0.2, 0.25) is 11.9 Å². The van der Waals surface area contributed by atoms with Gasteiger partial charge < -0.3 is 20.5 Å². The van der Waals surface area contributed by atoms with Crippen LogP contribution in [0, 0.1) is 0 Å². The van der Waals surface area contributed by atoms with Crippen LogP contribution in [0.15, 0.2) is 36.7 Å². The number of hydrogen-bond acceptors (Lipinski definition) is 8. The summed E-state index contributed by atoms with van der Waals surface area (Å²) in [6.07, 6.45) is 4.07. The Balaban J connectivity index is 1.43. The van der Waals surface area contributed by atoms with E-state index in [2.05, 4.69) is 25.4 Å². The molecule has 1 aromatic carbocycles. The van der Waals surface area contributed by atoms with Crippen LogP contribution in [-0.2, 0) is 11.2 Å². The van der Waals surface area contributed by atoms with Crippen LogP contribution in [0.3, 0.4) is 0 Å². The number of anilines is 1. The van der Waals surface area contributed by atoms with Crippen LogP contribution < -0.4 is 20.5 Å². The molecule has 0 saturated heterocycles. The highest BCUT2D eigenvalue weighted by atomic mass is 16.5. The molecule has 3 aromatic heterocycles. The lowest BCUT2D eigenvalue weighted by Gasteiger charge is -2.26. The van der Waals surface area contributed by atoms with Gasteiger partial charge in [0, 0.05) is 29.8 Å². The Hall–Kier alpha value is -3.95. The summed E-state index contributed by atoms with van der Waals surface area (Å²) in [5.74, 6) is 1.67. The summed E-state index contributed by atoms with van der Waals surface area (Å²) in [4.78, 5) is 25.7. The molecule has 1 amide bonds. The molecular weight excluding hydrogens is 386 g/mol. The van der Waals surface area contributed by atoms with Gasteiger partial charge in [0.05, 0.1) is 26.2 Å². The predicted molar refractivity (Wildman–Crippen MR) is 108 cm³/mol. The molecule has 3 N–H and O–H groups in total. The minimum atomic E-state index is -0.193. The third kappa shape index (κ3) is 3.02. The summed E-state index contributed by atoms with van der Waals surface area (Å²) in [6, 6.07) is 7.15. The number of nitrogen functional groups attached to an aromatic ring is 1. The van der Waals surface area contributed by atoms with Gasteiger partial charge in [-0.15, -0.1) is 5.10 Å². The minimum absolute atomic E-state index is 0.0134. The van der Waals surface area contributed by atoms with Crippen molar-refractivity contribution in [1.29, 1.82) is 0 Å². The van der Waals surface area contributed by atoms with E-state index in [0.717, 1.165) is 16.7 Å². The third-order valence-corrected chi connectivity index (χ3v) is 5.06. The van der Waals surface area contributed by atoms with Crippen molar-refractivity contribution in [3.8, 4) is 11.5 Å². The van der Waals surface area contributed by atoms with Crippen LogP contribution in [0.25, 0.3) is 16.6 Å². The smallest absolute Gasteiger partial charge is 0.228 e. The van der Waals surface area contributed by atoms with Crippen molar-refractivity contribution in [3.05, 3.63) is 48.0 Å². The van der Waals surface area contributed by atoms with Gasteiger partial charge in [-0.3, -0.25) is 9.78 Å². The number of nitrogens with two attached hydrogens (primary N) is 1. The van der Waals surface area contributed by atoms with E-state index >= 15 is 0 Å².